The molecule has 3 N–H and O–H groups in total. The van der Waals surface area contributed by atoms with E-state index in [1.807, 2.05) is 0 Å². The summed E-state index contributed by atoms with van der Waals surface area (Å²) >= 11 is 0. The van der Waals surface area contributed by atoms with E-state index in [0.717, 1.165) is 0 Å². The summed E-state index contributed by atoms with van der Waals surface area (Å²) < 4.78 is 13.8. The molecule has 0 amide bonds. The van der Waals surface area contributed by atoms with Gasteiger partial charge in [0, 0.05) is 0 Å². The average Bonchev–Trinajstić information content (AvgIpc) is 2.11. The van der Waals surface area contributed by atoms with Gasteiger partial charge in [0.05, 0.1) is 6.54 Å². The Kier molecular flexibility index (Phi) is 8.57. The van der Waals surface area contributed by atoms with Crippen molar-refractivity contribution in [3.63, 3.8) is 0 Å². The second-order valence-corrected chi connectivity index (χ2v) is 5.63. The largest absolute Gasteiger partial charge is 0.519 e. The van der Waals surface area contributed by atoms with E-state index in [2.05, 4.69) is 10.5 Å². The number of carbonyl (C=O) groups is 3. The van der Waals surface area contributed by atoms with Crippen LogP contribution in [0.3, 0.4) is 0 Å². The smallest absolute Gasteiger partial charge is 0.480 e. The van der Waals surface area contributed by atoms with Crippen LogP contribution in [0.25, 0.3) is 0 Å². The zero-order valence-corrected chi connectivity index (χ0v) is 12.7. The van der Waals surface area contributed by atoms with Crippen molar-refractivity contribution in [2.24, 2.45) is 5.73 Å². The third-order valence-corrected chi connectivity index (χ3v) is 1.12. The molecule has 8 heteroatoms. The van der Waals surface area contributed by atoms with Crippen LogP contribution in [0.4, 0.5) is 9.59 Å². The molecule has 0 saturated heterocycles. The Bertz CT molecular complexity index is 313. The molecule has 0 spiro atoms. The Balaban J connectivity index is 0. The fourth-order valence-corrected chi connectivity index (χ4v) is 0.610. The number of carboxylic acid groups (broad SMARTS) is 1. The first-order chi connectivity index (χ1) is 8.76. The molecule has 118 valence electrons. The van der Waals surface area contributed by atoms with Crippen LogP contribution < -0.4 is 5.73 Å². The lowest BCUT2D eigenvalue weighted by atomic mass is 10.2. The van der Waals surface area contributed by atoms with E-state index in [9.17, 15) is 14.4 Å². The van der Waals surface area contributed by atoms with Crippen LogP contribution >= 0.6 is 0 Å². The van der Waals surface area contributed by atoms with Crippen LogP contribution in [-0.4, -0.2) is 41.1 Å². The molecule has 0 fully saturated rings. The van der Waals surface area contributed by atoms with Crippen LogP contribution in [0.5, 0.6) is 0 Å². The minimum Gasteiger partial charge on any atom is -0.480 e. The van der Waals surface area contributed by atoms with E-state index in [-0.39, 0.29) is 6.54 Å². The van der Waals surface area contributed by atoms with Gasteiger partial charge in [0.2, 0.25) is 0 Å². The number of ether oxygens (including phenoxy) is 3. The third kappa shape index (κ3) is 18.5. The summed E-state index contributed by atoms with van der Waals surface area (Å²) in [4.78, 5) is 31.3. The number of hydrogen-bond donors (Lipinski definition) is 2. The average molecular weight is 293 g/mol. The number of rotatable bonds is 1. The van der Waals surface area contributed by atoms with E-state index in [1.54, 1.807) is 41.5 Å². The lowest BCUT2D eigenvalue weighted by molar-refractivity contribution is -0.135. The zero-order chi connectivity index (χ0) is 16.6. The van der Waals surface area contributed by atoms with Crippen molar-refractivity contribution >= 4 is 18.3 Å². The summed E-state index contributed by atoms with van der Waals surface area (Å²) in [6.07, 6.45) is -2.12. The van der Waals surface area contributed by atoms with Gasteiger partial charge in [-0.1, -0.05) is 0 Å². The summed E-state index contributed by atoms with van der Waals surface area (Å²) in [5.41, 5.74) is 3.18. The Morgan fingerprint density at radius 2 is 1.15 bits per heavy atom. The Hall–Kier alpha value is -1.83. The highest BCUT2D eigenvalue weighted by Crippen LogP contribution is 2.11. The third-order valence-electron chi connectivity index (χ3n) is 1.12. The van der Waals surface area contributed by atoms with E-state index in [4.69, 9.17) is 14.6 Å². The van der Waals surface area contributed by atoms with Crippen LogP contribution in [0.15, 0.2) is 0 Å². The highest BCUT2D eigenvalue weighted by Gasteiger charge is 2.24. The first kappa shape index (κ1) is 20.5. The molecule has 0 saturated carbocycles. The lowest BCUT2D eigenvalue weighted by Crippen LogP contribution is -2.29. The summed E-state index contributed by atoms with van der Waals surface area (Å²) in [5, 5.41) is 7.60. The molecule has 0 aliphatic carbocycles. The molecule has 0 atom stereocenters. The second kappa shape index (κ2) is 8.36. The molecule has 20 heavy (non-hydrogen) atoms. The quantitative estimate of drug-likeness (QED) is 0.554. The molecule has 0 heterocycles. The molecule has 0 aromatic heterocycles. The van der Waals surface area contributed by atoms with Gasteiger partial charge < -0.3 is 25.1 Å². The molecule has 0 rings (SSSR count). The van der Waals surface area contributed by atoms with Crippen molar-refractivity contribution in [2.45, 2.75) is 52.7 Å². The minimum absolute atomic E-state index is 0.278. The number of carbonyl (C=O) groups excluding carboxylic acids is 2. The van der Waals surface area contributed by atoms with Crippen LogP contribution in [0.1, 0.15) is 41.5 Å². The highest BCUT2D eigenvalue weighted by molar-refractivity contribution is 5.77. The van der Waals surface area contributed by atoms with Crippen molar-refractivity contribution in [3.8, 4) is 0 Å². The van der Waals surface area contributed by atoms with Gasteiger partial charge in [-0.2, -0.15) is 0 Å². The molecule has 8 nitrogen and oxygen atoms in total. The molecule has 0 aromatic rings. The zero-order valence-electron chi connectivity index (χ0n) is 12.7. The standard InChI is InChI=1S/C10H18O5.C2H5NO2/c1-9(2,3)14-7(11)13-8(12)15-10(4,5)6;3-1-2(4)5/h1-6H3;1,3H2,(H,4,5). The monoisotopic (exact) mass is 293 g/mol. The van der Waals surface area contributed by atoms with Crippen LogP contribution in [0, 0.1) is 0 Å². The molecule has 0 bridgehead atoms. The van der Waals surface area contributed by atoms with Crippen molar-refractivity contribution in [1.82, 2.24) is 0 Å². The summed E-state index contributed by atoms with van der Waals surface area (Å²) in [5.74, 6) is -0.968. The van der Waals surface area contributed by atoms with Gasteiger partial charge in [0.25, 0.3) is 0 Å². The van der Waals surface area contributed by atoms with Crippen LogP contribution in [-0.2, 0) is 19.0 Å². The predicted molar refractivity (Wildman–Crippen MR) is 70.2 cm³/mol. The number of hydrogen-bond acceptors (Lipinski definition) is 7. The van der Waals surface area contributed by atoms with E-state index in [1.165, 1.54) is 0 Å². The molecular weight excluding hydrogens is 270 g/mol. The van der Waals surface area contributed by atoms with Gasteiger partial charge in [-0.05, 0) is 41.5 Å². The maximum absolute atomic E-state index is 11.0. The molecule has 0 aromatic carbocycles. The maximum atomic E-state index is 11.0. The Morgan fingerprint density at radius 3 is 1.30 bits per heavy atom. The van der Waals surface area contributed by atoms with E-state index < -0.39 is 29.5 Å². The molecule has 0 unspecified atom stereocenters. The summed E-state index contributed by atoms with van der Waals surface area (Å²) in [6, 6.07) is 0. The van der Waals surface area contributed by atoms with Crippen LogP contribution in [0.2, 0.25) is 0 Å². The van der Waals surface area contributed by atoms with Crippen molar-refractivity contribution < 1.29 is 33.7 Å². The predicted octanol–water partition coefficient (Wildman–Crippen LogP) is 1.90. The van der Waals surface area contributed by atoms with Crippen molar-refractivity contribution in [3.05, 3.63) is 0 Å². The number of nitrogens with two attached hydrogens (primary N) is 1. The van der Waals surface area contributed by atoms with Gasteiger partial charge in [0.1, 0.15) is 11.2 Å². The number of carboxylic acids is 1. The van der Waals surface area contributed by atoms with Crippen molar-refractivity contribution in [1.29, 1.82) is 0 Å². The van der Waals surface area contributed by atoms with Gasteiger partial charge in [0.15, 0.2) is 0 Å². The topological polar surface area (TPSA) is 125 Å². The Morgan fingerprint density at radius 1 is 0.900 bits per heavy atom. The summed E-state index contributed by atoms with van der Waals surface area (Å²) in [6.45, 7) is 9.74. The highest BCUT2D eigenvalue weighted by atomic mass is 16.8. The normalized spacial score (nSPS) is 10.8. The lowest BCUT2D eigenvalue weighted by Gasteiger charge is -2.20. The fourth-order valence-electron chi connectivity index (χ4n) is 0.610. The maximum Gasteiger partial charge on any atom is 0.519 e. The fraction of sp³-hybridized carbons (Fsp3) is 0.750. The van der Waals surface area contributed by atoms with Crippen molar-refractivity contribution in [2.75, 3.05) is 6.54 Å². The SMILES string of the molecule is CC(C)(C)OC(=O)OC(=O)OC(C)(C)C.NCC(=O)O. The Labute approximate surface area is 118 Å². The van der Waals surface area contributed by atoms with Gasteiger partial charge in [-0.25, -0.2) is 9.59 Å². The van der Waals surface area contributed by atoms with E-state index >= 15 is 0 Å². The first-order valence-electron chi connectivity index (χ1n) is 5.82. The van der Waals surface area contributed by atoms with Gasteiger partial charge >= 0.3 is 18.3 Å². The summed E-state index contributed by atoms with van der Waals surface area (Å²) in [7, 11) is 0. The van der Waals surface area contributed by atoms with Gasteiger partial charge in [-0.15, -0.1) is 0 Å². The molecule has 0 aliphatic rings. The van der Waals surface area contributed by atoms with E-state index in [0.29, 0.717) is 0 Å². The second-order valence-electron chi connectivity index (χ2n) is 5.63. The first-order valence-corrected chi connectivity index (χ1v) is 5.82. The molecule has 0 aliphatic heterocycles. The molecule has 0 radical (unpaired) electrons. The minimum atomic E-state index is -1.06. The molecular formula is C12H23NO7. The number of aliphatic carboxylic acids is 1. The van der Waals surface area contributed by atoms with Gasteiger partial charge in [-0.3, -0.25) is 4.79 Å².